The first-order valence-corrected chi connectivity index (χ1v) is 6.25. The van der Waals surface area contributed by atoms with Crippen molar-refractivity contribution in [3.8, 4) is 17.2 Å². The molecule has 0 spiro atoms. The minimum Gasteiger partial charge on any atom is -0.496 e. The molecule has 1 aliphatic rings. The molecule has 0 aromatic heterocycles. The van der Waals surface area contributed by atoms with Crippen LogP contribution in [0.1, 0.15) is 30.9 Å². The van der Waals surface area contributed by atoms with Gasteiger partial charge in [-0.1, -0.05) is 12.8 Å². The molecule has 1 aromatic carbocycles. The topological polar surface area (TPSA) is 53.7 Å². The van der Waals surface area contributed by atoms with Gasteiger partial charge < -0.3 is 19.9 Å². The maximum Gasteiger partial charge on any atom is 0.164 e. The fourth-order valence-corrected chi connectivity index (χ4v) is 2.18. The van der Waals surface area contributed by atoms with Crippen molar-refractivity contribution in [2.24, 2.45) is 11.7 Å². The first-order valence-electron chi connectivity index (χ1n) is 6.25. The Hall–Kier alpha value is -1.42. The summed E-state index contributed by atoms with van der Waals surface area (Å²) in [6.45, 7) is 0. The second-order valence-electron chi connectivity index (χ2n) is 4.73. The number of nitrogens with two attached hydrogens (primary N) is 1. The van der Waals surface area contributed by atoms with Crippen LogP contribution in [0.2, 0.25) is 0 Å². The van der Waals surface area contributed by atoms with Gasteiger partial charge >= 0.3 is 0 Å². The fourth-order valence-electron chi connectivity index (χ4n) is 2.18. The van der Waals surface area contributed by atoms with Crippen LogP contribution in [0.4, 0.5) is 0 Å². The summed E-state index contributed by atoms with van der Waals surface area (Å²) in [5, 5.41) is 0. The highest BCUT2D eigenvalue weighted by atomic mass is 16.5. The molecular weight excluding hydrogens is 230 g/mol. The van der Waals surface area contributed by atoms with Crippen molar-refractivity contribution >= 4 is 0 Å². The average Bonchev–Trinajstić information content (AvgIpc) is 3.20. The Morgan fingerprint density at radius 1 is 1.06 bits per heavy atom. The Kier molecular flexibility index (Phi) is 3.97. The SMILES string of the molecule is COc1cc(OC)c([C@H](N)CC2CC2)cc1OC. The van der Waals surface area contributed by atoms with Gasteiger partial charge in [0.05, 0.1) is 21.3 Å². The monoisotopic (exact) mass is 251 g/mol. The molecule has 0 radical (unpaired) electrons. The van der Waals surface area contributed by atoms with Gasteiger partial charge in [-0.15, -0.1) is 0 Å². The van der Waals surface area contributed by atoms with Crippen LogP contribution in [-0.4, -0.2) is 21.3 Å². The number of hydrogen-bond donors (Lipinski definition) is 1. The molecule has 2 N–H and O–H groups in total. The van der Waals surface area contributed by atoms with E-state index in [2.05, 4.69) is 0 Å². The normalized spacial score (nSPS) is 16.2. The first kappa shape index (κ1) is 13.0. The molecule has 0 saturated heterocycles. The largest absolute Gasteiger partial charge is 0.496 e. The maximum atomic E-state index is 6.25. The van der Waals surface area contributed by atoms with Gasteiger partial charge in [0.25, 0.3) is 0 Å². The summed E-state index contributed by atoms with van der Waals surface area (Å²) < 4.78 is 16.0. The van der Waals surface area contributed by atoms with E-state index >= 15 is 0 Å². The van der Waals surface area contributed by atoms with Gasteiger partial charge in [-0.3, -0.25) is 0 Å². The highest BCUT2D eigenvalue weighted by molar-refractivity contribution is 5.51. The predicted octanol–water partition coefficient (Wildman–Crippen LogP) is 2.51. The van der Waals surface area contributed by atoms with Gasteiger partial charge in [0.2, 0.25) is 0 Å². The number of methoxy groups -OCH3 is 3. The molecule has 4 nitrogen and oxygen atoms in total. The number of ether oxygens (including phenoxy) is 3. The lowest BCUT2D eigenvalue weighted by Crippen LogP contribution is -2.12. The van der Waals surface area contributed by atoms with Gasteiger partial charge in [-0.2, -0.15) is 0 Å². The zero-order chi connectivity index (χ0) is 13.1. The minimum atomic E-state index is -0.00717. The van der Waals surface area contributed by atoms with Crippen molar-refractivity contribution in [3.05, 3.63) is 17.7 Å². The summed E-state index contributed by atoms with van der Waals surface area (Å²) in [6.07, 6.45) is 3.60. The number of benzene rings is 1. The second-order valence-corrected chi connectivity index (χ2v) is 4.73. The van der Waals surface area contributed by atoms with E-state index in [1.54, 1.807) is 21.3 Å². The summed E-state index contributed by atoms with van der Waals surface area (Å²) in [7, 11) is 4.89. The number of rotatable bonds is 6. The van der Waals surface area contributed by atoms with Crippen molar-refractivity contribution in [3.63, 3.8) is 0 Å². The lowest BCUT2D eigenvalue weighted by Gasteiger charge is -2.18. The van der Waals surface area contributed by atoms with Crippen molar-refractivity contribution in [1.29, 1.82) is 0 Å². The van der Waals surface area contributed by atoms with Crippen LogP contribution >= 0.6 is 0 Å². The Morgan fingerprint density at radius 2 is 1.61 bits per heavy atom. The summed E-state index contributed by atoms with van der Waals surface area (Å²) in [5.74, 6) is 2.90. The van der Waals surface area contributed by atoms with E-state index in [4.69, 9.17) is 19.9 Å². The molecule has 100 valence electrons. The van der Waals surface area contributed by atoms with Gasteiger partial charge in [0.15, 0.2) is 11.5 Å². The third-order valence-corrected chi connectivity index (χ3v) is 3.42. The van der Waals surface area contributed by atoms with E-state index < -0.39 is 0 Å². The van der Waals surface area contributed by atoms with Crippen LogP contribution in [0.5, 0.6) is 17.2 Å². The Bertz CT molecular complexity index is 416. The Balaban J connectivity index is 2.30. The van der Waals surface area contributed by atoms with E-state index in [0.717, 1.165) is 23.7 Å². The highest BCUT2D eigenvalue weighted by Gasteiger charge is 2.26. The van der Waals surface area contributed by atoms with Crippen molar-refractivity contribution in [2.45, 2.75) is 25.3 Å². The van der Waals surface area contributed by atoms with Crippen LogP contribution in [0, 0.1) is 5.92 Å². The van der Waals surface area contributed by atoms with E-state index in [-0.39, 0.29) is 6.04 Å². The van der Waals surface area contributed by atoms with Crippen molar-refractivity contribution < 1.29 is 14.2 Å². The van der Waals surface area contributed by atoms with Crippen molar-refractivity contribution in [2.75, 3.05) is 21.3 Å². The fraction of sp³-hybridized carbons (Fsp3) is 0.571. The summed E-state index contributed by atoms with van der Waals surface area (Å²) in [4.78, 5) is 0. The molecule has 4 heteroatoms. The van der Waals surface area contributed by atoms with Crippen LogP contribution in [0.15, 0.2) is 12.1 Å². The zero-order valence-corrected chi connectivity index (χ0v) is 11.2. The highest BCUT2D eigenvalue weighted by Crippen LogP contribution is 2.42. The van der Waals surface area contributed by atoms with Gasteiger partial charge in [-0.05, 0) is 18.4 Å². The summed E-state index contributed by atoms with van der Waals surface area (Å²) in [6, 6.07) is 3.75. The Labute approximate surface area is 108 Å². The molecule has 0 bridgehead atoms. The van der Waals surface area contributed by atoms with E-state index in [1.807, 2.05) is 12.1 Å². The molecule has 0 heterocycles. The Morgan fingerprint density at radius 3 is 2.11 bits per heavy atom. The molecule has 1 saturated carbocycles. The van der Waals surface area contributed by atoms with Crippen LogP contribution in [-0.2, 0) is 0 Å². The lowest BCUT2D eigenvalue weighted by atomic mass is 10.0. The summed E-state index contributed by atoms with van der Waals surface area (Å²) in [5.41, 5.74) is 7.24. The summed E-state index contributed by atoms with van der Waals surface area (Å²) >= 11 is 0. The quantitative estimate of drug-likeness (QED) is 0.844. The standard InChI is InChI=1S/C14H21NO3/c1-16-12-8-14(18-3)13(17-2)7-10(12)11(15)6-9-4-5-9/h7-9,11H,4-6,15H2,1-3H3/t11-/m1/s1. The first-order chi connectivity index (χ1) is 8.69. The molecule has 18 heavy (non-hydrogen) atoms. The van der Waals surface area contributed by atoms with Gasteiger partial charge in [-0.25, -0.2) is 0 Å². The molecule has 1 fully saturated rings. The average molecular weight is 251 g/mol. The molecule has 2 rings (SSSR count). The molecule has 1 atom stereocenters. The molecule has 0 amide bonds. The molecule has 0 unspecified atom stereocenters. The van der Waals surface area contributed by atoms with Crippen LogP contribution < -0.4 is 19.9 Å². The third-order valence-electron chi connectivity index (χ3n) is 3.42. The molecule has 1 aromatic rings. The van der Waals surface area contributed by atoms with Gasteiger partial charge in [0.1, 0.15) is 5.75 Å². The number of hydrogen-bond acceptors (Lipinski definition) is 4. The molecule has 0 aliphatic heterocycles. The second kappa shape index (κ2) is 5.48. The van der Waals surface area contributed by atoms with Crippen molar-refractivity contribution in [1.82, 2.24) is 0 Å². The van der Waals surface area contributed by atoms with Crippen LogP contribution in [0.3, 0.4) is 0 Å². The zero-order valence-electron chi connectivity index (χ0n) is 11.2. The molecular formula is C14H21NO3. The minimum absolute atomic E-state index is 0.00717. The van der Waals surface area contributed by atoms with Crippen LogP contribution in [0.25, 0.3) is 0 Å². The van der Waals surface area contributed by atoms with Gasteiger partial charge in [0, 0.05) is 17.7 Å². The predicted molar refractivity (Wildman–Crippen MR) is 70.4 cm³/mol. The van der Waals surface area contributed by atoms with E-state index in [0.29, 0.717) is 11.5 Å². The van der Waals surface area contributed by atoms with E-state index in [1.165, 1.54) is 12.8 Å². The lowest BCUT2D eigenvalue weighted by molar-refractivity contribution is 0.346. The molecule has 1 aliphatic carbocycles. The third kappa shape index (κ3) is 2.70. The smallest absolute Gasteiger partial charge is 0.164 e. The van der Waals surface area contributed by atoms with E-state index in [9.17, 15) is 0 Å². The maximum absolute atomic E-state index is 6.25.